The molecule has 32 heavy (non-hydrogen) atoms. The van der Waals surface area contributed by atoms with Gasteiger partial charge in [-0.3, -0.25) is 4.79 Å². The first kappa shape index (κ1) is 22.0. The fraction of sp³-hybridized carbons (Fsp3) is 0.360. The molecule has 1 heterocycles. The molecule has 1 aliphatic rings. The molecule has 1 N–H and O–H groups in total. The number of ether oxygens (including phenoxy) is 2. The number of nitrogens with zero attached hydrogens (tertiary/aromatic N) is 2. The average molecular weight is 438 g/mol. The van der Waals surface area contributed by atoms with Crippen molar-refractivity contribution in [1.29, 1.82) is 0 Å². The van der Waals surface area contributed by atoms with Gasteiger partial charge in [0.1, 0.15) is 28.8 Å². The lowest BCUT2D eigenvalue weighted by molar-refractivity contribution is -0.151. The summed E-state index contributed by atoms with van der Waals surface area (Å²) in [6.07, 6.45) is 1.15. The summed E-state index contributed by atoms with van der Waals surface area (Å²) < 4.78 is 27.9. The van der Waals surface area contributed by atoms with Gasteiger partial charge in [0, 0.05) is 12.5 Å². The summed E-state index contributed by atoms with van der Waals surface area (Å²) in [6.45, 7) is 3.33. The molecular weight excluding hydrogens is 411 g/mol. The molecule has 4 rings (SSSR count). The Labute approximate surface area is 186 Å². The molecule has 2 aromatic carbocycles. The molecule has 0 saturated heterocycles. The molecule has 7 heteroatoms. The van der Waals surface area contributed by atoms with E-state index in [-0.39, 0.29) is 30.6 Å². The Kier molecular flexibility index (Phi) is 6.02. The fourth-order valence-electron chi connectivity index (χ4n) is 4.23. The predicted molar refractivity (Wildman–Crippen MR) is 118 cm³/mol. The van der Waals surface area contributed by atoms with Crippen LogP contribution in [-0.4, -0.2) is 34.1 Å². The summed E-state index contributed by atoms with van der Waals surface area (Å²) in [5.41, 5.74) is 1.26. The first-order chi connectivity index (χ1) is 15.3. The quantitative estimate of drug-likeness (QED) is 0.585. The number of hydrogen-bond donors (Lipinski definition) is 1. The molecule has 1 fully saturated rings. The number of carbonyl (C=O) groups excluding carboxylic acids is 1. The Morgan fingerprint density at radius 3 is 2.31 bits per heavy atom. The van der Waals surface area contributed by atoms with E-state index < -0.39 is 11.4 Å². The van der Waals surface area contributed by atoms with Gasteiger partial charge in [-0.15, -0.1) is 0 Å². The minimum Gasteiger partial charge on any atom is -0.497 e. The summed E-state index contributed by atoms with van der Waals surface area (Å²) in [5.74, 6) is -0.212. The summed E-state index contributed by atoms with van der Waals surface area (Å²) >= 11 is 0. The maximum atomic E-state index is 15.9. The zero-order valence-corrected chi connectivity index (χ0v) is 18.5. The first-order valence-corrected chi connectivity index (χ1v) is 10.7. The highest BCUT2D eigenvalue weighted by Crippen LogP contribution is 2.41. The van der Waals surface area contributed by atoms with Crippen molar-refractivity contribution in [3.63, 3.8) is 0 Å². The highest BCUT2D eigenvalue weighted by Gasteiger charge is 2.41. The van der Waals surface area contributed by atoms with Gasteiger partial charge in [-0.2, -0.15) is 5.10 Å². The van der Waals surface area contributed by atoms with Crippen LogP contribution in [-0.2, 0) is 15.1 Å². The Morgan fingerprint density at radius 1 is 1.12 bits per heavy atom. The minimum absolute atomic E-state index is 0.0187. The molecular formula is C25H27FN2O4. The minimum atomic E-state index is -1.43. The van der Waals surface area contributed by atoms with E-state index in [0.29, 0.717) is 35.5 Å². The number of benzene rings is 2. The van der Waals surface area contributed by atoms with Gasteiger partial charge in [0.15, 0.2) is 5.82 Å². The van der Waals surface area contributed by atoms with Crippen molar-refractivity contribution >= 4 is 5.97 Å². The Hall–Kier alpha value is -3.19. The molecule has 1 aliphatic carbocycles. The van der Waals surface area contributed by atoms with Crippen molar-refractivity contribution < 1.29 is 23.8 Å². The van der Waals surface area contributed by atoms with Crippen LogP contribution in [0.5, 0.6) is 5.75 Å². The predicted octanol–water partition coefficient (Wildman–Crippen LogP) is 4.69. The molecule has 0 amide bonds. The highest BCUT2D eigenvalue weighted by atomic mass is 19.1. The standard InChI is InChI=1S/C25H27FN2O4/c1-16-4-6-18(7-5-16)23-22(26)24(25(30)14-12-21(13-15-25)32-17(2)29)27-28(23)19-8-10-20(31-3)11-9-19/h4-11,21,30H,12-15H2,1-3H3/t21-,25+. The van der Waals surface area contributed by atoms with Gasteiger partial charge in [-0.25, -0.2) is 9.07 Å². The molecule has 6 nitrogen and oxygen atoms in total. The SMILES string of the molecule is COc1ccc(-n2nc([C@]3(O)CC[C@@H](OC(C)=O)CC3)c(F)c2-c2ccc(C)cc2)cc1. The Morgan fingerprint density at radius 2 is 1.75 bits per heavy atom. The number of aliphatic hydroxyl groups is 1. The average Bonchev–Trinajstić information content (AvgIpc) is 3.14. The maximum Gasteiger partial charge on any atom is 0.302 e. The van der Waals surface area contributed by atoms with E-state index in [1.807, 2.05) is 31.2 Å². The summed E-state index contributed by atoms with van der Waals surface area (Å²) in [6, 6.07) is 14.7. The number of aryl methyl sites for hydroxylation is 1. The van der Waals surface area contributed by atoms with Crippen LogP contribution in [0.25, 0.3) is 16.9 Å². The van der Waals surface area contributed by atoms with Crippen LogP contribution < -0.4 is 4.74 Å². The van der Waals surface area contributed by atoms with E-state index >= 15 is 4.39 Å². The topological polar surface area (TPSA) is 73.6 Å². The Bertz CT molecular complexity index is 1100. The molecule has 1 aromatic heterocycles. The molecule has 0 bridgehead atoms. The normalized spacial score (nSPS) is 20.7. The van der Waals surface area contributed by atoms with Crippen molar-refractivity contribution in [3.8, 4) is 22.7 Å². The van der Waals surface area contributed by atoms with E-state index in [1.165, 1.54) is 11.6 Å². The second kappa shape index (κ2) is 8.74. The monoisotopic (exact) mass is 438 g/mol. The van der Waals surface area contributed by atoms with Gasteiger partial charge in [0.05, 0.1) is 12.8 Å². The molecule has 168 valence electrons. The summed E-state index contributed by atoms with van der Waals surface area (Å²) in [7, 11) is 1.58. The molecule has 0 radical (unpaired) electrons. The lowest BCUT2D eigenvalue weighted by atomic mass is 9.80. The smallest absolute Gasteiger partial charge is 0.302 e. The van der Waals surface area contributed by atoms with Crippen LogP contribution in [0.3, 0.4) is 0 Å². The van der Waals surface area contributed by atoms with E-state index in [9.17, 15) is 9.90 Å². The number of methoxy groups -OCH3 is 1. The summed E-state index contributed by atoms with van der Waals surface area (Å²) in [5, 5.41) is 15.9. The van der Waals surface area contributed by atoms with Crippen molar-refractivity contribution in [3.05, 3.63) is 65.6 Å². The molecule has 0 atom stereocenters. The second-order valence-electron chi connectivity index (χ2n) is 8.33. The van der Waals surface area contributed by atoms with Crippen molar-refractivity contribution in [2.75, 3.05) is 7.11 Å². The second-order valence-corrected chi connectivity index (χ2v) is 8.33. The Balaban J connectivity index is 1.77. The zero-order valence-electron chi connectivity index (χ0n) is 18.5. The third-order valence-electron chi connectivity index (χ3n) is 6.00. The van der Waals surface area contributed by atoms with Crippen LogP contribution in [0.4, 0.5) is 4.39 Å². The molecule has 3 aromatic rings. The number of halogens is 1. The fourth-order valence-corrected chi connectivity index (χ4v) is 4.23. The van der Waals surface area contributed by atoms with Crippen LogP contribution in [0.2, 0.25) is 0 Å². The third-order valence-corrected chi connectivity index (χ3v) is 6.00. The highest BCUT2D eigenvalue weighted by molar-refractivity contribution is 5.66. The molecule has 0 aliphatic heterocycles. The van der Waals surface area contributed by atoms with Crippen molar-refractivity contribution in [2.24, 2.45) is 0 Å². The third kappa shape index (κ3) is 4.25. The lowest BCUT2D eigenvalue weighted by Gasteiger charge is -2.34. The van der Waals surface area contributed by atoms with Crippen LogP contribution >= 0.6 is 0 Å². The van der Waals surface area contributed by atoms with Crippen LogP contribution in [0, 0.1) is 12.7 Å². The van der Waals surface area contributed by atoms with Gasteiger partial charge in [0.2, 0.25) is 0 Å². The van der Waals surface area contributed by atoms with Crippen molar-refractivity contribution in [2.45, 2.75) is 51.2 Å². The van der Waals surface area contributed by atoms with E-state index in [4.69, 9.17) is 9.47 Å². The van der Waals surface area contributed by atoms with Gasteiger partial charge >= 0.3 is 5.97 Å². The molecule has 1 saturated carbocycles. The van der Waals surface area contributed by atoms with Crippen molar-refractivity contribution in [1.82, 2.24) is 9.78 Å². The lowest BCUT2D eigenvalue weighted by Crippen LogP contribution is -2.36. The zero-order chi connectivity index (χ0) is 22.9. The number of aromatic nitrogens is 2. The van der Waals surface area contributed by atoms with E-state index in [1.54, 1.807) is 31.4 Å². The largest absolute Gasteiger partial charge is 0.497 e. The van der Waals surface area contributed by atoms with Crippen LogP contribution in [0.15, 0.2) is 48.5 Å². The number of rotatable bonds is 5. The summed E-state index contributed by atoms with van der Waals surface area (Å²) in [4.78, 5) is 11.3. The molecule has 0 spiro atoms. The first-order valence-electron chi connectivity index (χ1n) is 10.7. The van der Waals surface area contributed by atoms with E-state index in [0.717, 1.165) is 5.56 Å². The molecule has 0 unspecified atom stereocenters. The van der Waals surface area contributed by atoms with Gasteiger partial charge in [-0.1, -0.05) is 29.8 Å². The van der Waals surface area contributed by atoms with E-state index in [2.05, 4.69) is 5.10 Å². The van der Waals surface area contributed by atoms with Gasteiger partial charge in [-0.05, 0) is 56.9 Å². The van der Waals surface area contributed by atoms with Crippen LogP contribution in [0.1, 0.15) is 43.9 Å². The number of esters is 1. The van der Waals surface area contributed by atoms with Gasteiger partial charge < -0.3 is 14.6 Å². The maximum absolute atomic E-state index is 15.9. The number of hydrogen-bond acceptors (Lipinski definition) is 5. The van der Waals surface area contributed by atoms with Gasteiger partial charge in [0.25, 0.3) is 0 Å². The number of carbonyl (C=O) groups is 1.